The molecule has 0 aromatic heterocycles. The second-order valence-electron chi connectivity index (χ2n) is 3.13. The first-order valence-corrected chi connectivity index (χ1v) is 5.58. The van der Waals surface area contributed by atoms with Crippen LogP contribution in [0.15, 0.2) is 23.1 Å². The van der Waals surface area contributed by atoms with E-state index in [9.17, 15) is 0 Å². The Kier molecular flexibility index (Phi) is 4.34. The van der Waals surface area contributed by atoms with E-state index in [1.165, 1.54) is 4.90 Å². The van der Waals surface area contributed by atoms with Crippen molar-refractivity contribution in [1.29, 1.82) is 5.26 Å². The highest BCUT2D eigenvalue weighted by molar-refractivity contribution is 7.99. The third-order valence-electron chi connectivity index (χ3n) is 1.94. The van der Waals surface area contributed by atoms with Crippen molar-refractivity contribution < 1.29 is 0 Å². The molecular weight excluding hydrogens is 192 g/mol. The quantitative estimate of drug-likeness (QED) is 0.468. The first kappa shape index (κ1) is 10.9. The van der Waals surface area contributed by atoms with E-state index in [-0.39, 0.29) is 0 Å². The van der Waals surface area contributed by atoms with Gasteiger partial charge in [-0.3, -0.25) is 0 Å². The topological polar surface area (TPSA) is 49.8 Å². The van der Waals surface area contributed by atoms with E-state index in [0.29, 0.717) is 6.42 Å². The maximum Gasteiger partial charge on any atom is 0.0622 e. The molecule has 0 aliphatic carbocycles. The standard InChI is InChI=1S/C11H14N2S/c1-9-8-10(4-5-11(9)13)14-7-3-2-6-12/h4-5,8H,2-3,7,13H2,1H3. The molecule has 2 N–H and O–H groups in total. The molecule has 3 heteroatoms. The number of thioether (sulfide) groups is 1. The van der Waals surface area contributed by atoms with E-state index in [0.717, 1.165) is 23.4 Å². The molecule has 0 bridgehead atoms. The van der Waals surface area contributed by atoms with Gasteiger partial charge in [-0.2, -0.15) is 5.26 Å². The van der Waals surface area contributed by atoms with E-state index in [1.807, 2.05) is 19.1 Å². The van der Waals surface area contributed by atoms with Gasteiger partial charge in [-0.05, 0) is 42.9 Å². The number of anilines is 1. The predicted octanol–water partition coefficient (Wildman–Crippen LogP) is 2.97. The summed E-state index contributed by atoms with van der Waals surface area (Å²) in [4.78, 5) is 1.23. The summed E-state index contributed by atoms with van der Waals surface area (Å²) in [5.74, 6) is 0.997. The van der Waals surface area contributed by atoms with Crippen LogP contribution in [-0.4, -0.2) is 5.75 Å². The van der Waals surface area contributed by atoms with Crippen molar-refractivity contribution in [3.05, 3.63) is 23.8 Å². The molecule has 0 saturated heterocycles. The number of nitrogens with two attached hydrogens (primary N) is 1. The Morgan fingerprint density at radius 3 is 2.93 bits per heavy atom. The number of aryl methyl sites for hydroxylation is 1. The molecule has 0 unspecified atom stereocenters. The lowest BCUT2D eigenvalue weighted by molar-refractivity contribution is 0.981. The fourth-order valence-corrected chi connectivity index (χ4v) is 2.03. The zero-order valence-corrected chi connectivity index (χ0v) is 9.10. The molecule has 1 aromatic carbocycles. The van der Waals surface area contributed by atoms with Gasteiger partial charge >= 0.3 is 0 Å². The molecule has 0 heterocycles. The molecule has 0 saturated carbocycles. The average molecular weight is 206 g/mol. The van der Waals surface area contributed by atoms with Crippen molar-refractivity contribution in [2.75, 3.05) is 11.5 Å². The van der Waals surface area contributed by atoms with Crippen LogP contribution < -0.4 is 5.73 Å². The lowest BCUT2D eigenvalue weighted by Gasteiger charge is -2.03. The minimum atomic E-state index is 0.640. The van der Waals surface area contributed by atoms with Crippen LogP contribution in [0.2, 0.25) is 0 Å². The SMILES string of the molecule is Cc1cc(SCCCC#N)ccc1N. The summed E-state index contributed by atoms with van der Waals surface area (Å²) < 4.78 is 0. The van der Waals surface area contributed by atoms with Crippen LogP contribution in [0.25, 0.3) is 0 Å². The Labute approximate surface area is 89.1 Å². The molecule has 0 fully saturated rings. The Hall–Kier alpha value is -1.14. The molecular formula is C11H14N2S. The molecule has 2 nitrogen and oxygen atoms in total. The minimum Gasteiger partial charge on any atom is -0.399 e. The van der Waals surface area contributed by atoms with Crippen LogP contribution in [0, 0.1) is 18.3 Å². The number of benzene rings is 1. The van der Waals surface area contributed by atoms with Crippen LogP contribution in [0.3, 0.4) is 0 Å². The summed E-state index contributed by atoms with van der Waals surface area (Å²) in [6.07, 6.45) is 1.59. The van der Waals surface area contributed by atoms with Gasteiger partial charge in [0, 0.05) is 17.0 Å². The van der Waals surface area contributed by atoms with E-state index in [4.69, 9.17) is 11.0 Å². The Morgan fingerprint density at radius 2 is 2.29 bits per heavy atom. The van der Waals surface area contributed by atoms with Gasteiger partial charge in [-0.15, -0.1) is 11.8 Å². The number of unbranched alkanes of at least 4 members (excludes halogenated alkanes) is 1. The van der Waals surface area contributed by atoms with Crippen molar-refractivity contribution in [3.8, 4) is 6.07 Å². The molecule has 74 valence electrons. The first-order valence-electron chi connectivity index (χ1n) is 4.60. The van der Waals surface area contributed by atoms with Crippen molar-refractivity contribution >= 4 is 17.4 Å². The highest BCUT2D eigenvalue weighted by Crippen LogP contribution is 2.23. The fraction of sp³-hybridized carbons (Fsp3) is 0.364. The Morgan fingerprint density at radius 1 is 1.50 bits per heavy atom. The molecule has 0 atom stereocenters. The fourth-order valence-electron chi connectivity index (χ4n) is 1.08. The van der Waals surface area contributed by atoms with Crippen LogP contribution in [0.4, 0.5) is 5.69 Å². The summed E-state index contributed by atoms with van der Waals surface area (Å²) >= 11 is 1.78. The molecule has 1 rings (SSSR count). The third kappa shape index (κ3) is 3.31. The minimum absolute atomic E-state index is 0.640. The number of nitrogen functional groups attached to an aromatic ring is 1. The summed E-state index contributed by atoms with van der Waals surface area (Å²) in [5.41, 5.74) is 7.67. The predicted molar refractivity (Wildman–Crippen MR) is 61.2 cm³/mol. The van der Waals surface area contributed by atoms with E-state index >= 15 is 0 Å². The van der Waals surface area contributed by atoms with Gasteiger partial charge in [0.15, 0.2) is 0 Å². The molecule has 0 aliphatic rings. The summed E-state index contributed by atoms with van der Waals surface area (Å²) in [6.45, 7) is 2.01. The number of nitrogens with zero attached hydrogens (tertiary/aromatic N) is 1. The molecule has 0 amide bonds. The second kappa shape index (κ2) is 5.56. The van der Waals surface area contributed by atoms with Crippen LogP contribution in [-0.2, 0) is 0 Å². The van der Waals surface area contributed by atoms with E-state index in [1.54, 1.807) is 11.8 Å². The van der Waals surface area contributed by atoms with Crippen molar-refractivity contribution in [3.63, 3.8) is 0 Å². The van der Waals surface area contributed by atoms with Gasteiger partial charge in [0.25, 0.3) is 0 Å². The lowest BCUT2D eigenvalue weighted by atomic mass is 10.2. The van der Waals surface area contributed by atoms with Gasteiger partial charge < -0.3 is 5.73 Å². The maximum absolute atomic E-state index is 8.37. The van der Waals surface area contributed by atoms with Crippen molar-refractivity contribution in [2.24, 2.45) is 0 Å². The summed E-state index contributed by atoms with van der Waals surface area (Å²) in [7, 11) is 0. The van der Waals surface area contributed by atoms with Crippen LogP contribution >= 0.6 is 11.8 Å². The largest absolute Gasteiger partial charge is 0.399 e. The van der Waals surface area contributed by atoms with Gasteiger partial charge in [-0.25, -0.2) is 0 Å². The van der Waals surface area contributed by atoms with Gasteiger partial charge in [0.1, 0.15) is 0 Å². The normalized spacial score (nSPS) is 9.71. The number of nitriles is 1. The van der Waals surface area contributed by atoms with Gasteiger partial charge in [0.2, 0.25) is 0 Å². The van der Waals surface area contributed by atoms with Crippen molar-refractivity contribution in [1.82, 2.24) is 0 Å². The van der Waals surface area contributed by atoms with E-state index < -0.39 is 0 Å². The van der Waals surface area contributed by atoms with E-state index in [2.05, 4.69) is 12.1 Å². The molecule has 1 aromatic rings. The first-order chi connectivity index (χ1) is 6.74. The van der Waals surface area contributed by atoms with Crippen molar-refractivity contribution in [2.45, 2.75) is 24.7 Å². The Balaban J connectivity index is 2.44. The molecule has 0 aliphatic heterocycles. The average Bonchev–Trinajstić information content (AvgIpc) is 2.18. The maximum atomic E-state index is 8.37. The summed E-state index contributed by atoms with van der Waals surface area (Å²) in [5, 5.41) is 8.37. The highest BCUT2D eigenvalue weighted by atomic mass is 32.2. The van der Waals surface area contributed by atoms with Gasteiger partial charge in [-0.1, -0.05) is 0 Å². The number of hydrogen-bond donors (Lipinski definition) is 1. The number of hydrogen-bond acceptors (Lipinski definition) is 3. The zero-order chi connectivity index (χ0) is 10.4. The summed E-state index contributed by atoms with van der Waals surface area (Å²) in [6, 6.07) is 8.19. The Bertz CT molecular complexity index is 342. The highest BCUT2D eigenvalue weighted by Gasteiger charge is 1.97. The van der Waals surface area contributed by atoms with Gasteiger partial charge in [0.05, 0.1) is 6.07 Å². The third-order valence-corrected chi connectivity index (χ3v) is 3.02. The van der Waals surface area contributed by atoms with Crippen LogP contribution in [0.5, 0.6) is 0 Å². The molecule has 0 radical (unpaired) electrons. The lowest BCUT2D eigenvalue weighted by Crippen LogP contribution is -1.89. The number of rotatable bonds is 4. The monoisotopic (exact) mass is 206 g/mol. The molecule has 14 heavy (non-hydrogen) atoms. The zero-order valence-electron chi connectivity index (χ0n) is 8.29. The van der Waals surface area contributed by atoms with Crippen LogP contribution in [0.1, 0.15) is 18.4 Å². The smallest absolute Gasteiger partial charge is 0.0622 e. The second-order valence-corrected chi connectivity index (χ2v) is 4.30. The molecule has 0 spiro atoms.